The maximum atomic E-state index is 12.8. The summed E-state index contributed by atoms with van der Waals surface area (Å²) in [5, 5.41) is 3.54. The molecule has 0 saturated heterocycles. The van der Waals surface area contributed by atoms with Gasteiger partial charge in [-0.05, 0) is 35.7 Å². The zero-order valence-corrected chi connectivity index (χ0v) is 18.2. The third-order valence-corrected chi connectivity index (χ3v) is 7.25. The van der Waals surface area contributed by atoms with Gasteiger partial charge in [0.05, 0.1) is 11.4 Å². The first kappa shape index (κ1) is 22.0. The zero-order chi connectivity index (χ0) is 21.9. The quantitative estimate of drug-likeness (QED) is 0.579. The summed E-state index contributed by atoms with van der Waals surface area (Å²) in [6.45, 7) is 4.08. The van der Waals surface area contributed by atoms with Crippen molar-refractivity contribution in [3.8, 4) is 0 Å². The molecular formula is C21H22ClN3O4S. The van der Waals surface area contributed by atoms with Crippen LogP contribution in [0.4, 0.5) is 5.69 Å². The van der Waals surface area contributed by atoms with E-state index in [4.69, 9.17) is 11.6 Å². The number of fused-ring (bicyclic) bond motifs is 1. The van der Waals surface area contributed by atoms with E-state index in [0.29, 0.717) is 24.2 Å². The predicted octanol–water partition coefficient (Wildman–Crippen LogP) is 3.39. The van der Waals surface area contributed by atoms with Crippen LogP contribution in [0.2, 0.25) is 5.02 Å². The lowest BCUT2D eigenvalue weighted by molar-refractivity contribution is -0.115. The van der Waals surface area contributed by atoms with E-state index >= 15 is 0 Å². The molecule has 9 heteroatoms. The van der Waals surface area contributed by atoms with E-state index in [2.05, 4.69) is 10.3 Å². The van der Waals surface area contributed by atoms with Crippen molar-refractivity contribution in [3.63, 3.8) is 0 Å². The van der Waals surface area contributed by atoms with Gasteiger partial charge >= 0.3 is 0 Å². The smallest absolute Gasteiger partial charge is 0.252 e. The Morgan fingerprint density at radius 2 is 1.80 bits per heavy atom. The van der Waals surface area contributed by atoms with E-state index in [1.165, 1.54) is 22.5 Å². The van der Waals surface area contributed by atoms with E-state index in [1.54, 1.807) is 26.0 Å². The number of amides is 1. The van der Waals surface area contributed by atoms with Crippen LogP contribution in [0, 0.1) is 0 Å². The van der Waals surface area contributed by atoms with E-state index < -0.39 is 15.9 Å². The van der Waals surface area contributed by atoms with Gasteiger partial charge in [-0.15, -0.1) is 0 Å². The van der Waals surface area contributed by atoms with Crippen LogP contribution < -0.4 is 10.9 Å². The first-order valence-electron chi connectivity index (χ1n) is 9.46. The fourth-order valence-corrected chi connectivity index (χ4v) is 5.14. The molecule has 2 N–H and O–H groups in total. The lowest BCUT2D eigenvalue weighted by atomic mass is 10.1. The van der Waals surface area contributed by atoms with Crippen molar-refractivity contribution in [2.45, 2.75) is 25.2 Å². The molecule has 7 nitrogen and oxygen atoms in total. The monoisotopic (exact) mass is 447 g/mol. The number of pyridine rings is 1. The standard InChI is InChI=1S/C21H22ClN3O4S/c1-3-25(4-2)30(28,29)19-13-16(9-10-17(19)22)23-20(26)12-15-11-14-7-5-6-8-18(14)24-21(15)27/h5-11,13H,3-4,12H2,1-2H3,(H,23,26)(H,24,27). The number of carbonyl (C=O) groups is 1. The number of hydrogen-bond donors (Lipinski definition) is 2. The second kappa shape index (κ2) is 8.99. The average Bonchev–Trinajstić information content (AvgIpc) is 2.70. The summed E-state index contributed by atoms with van der Waals surface area (Å²) in [5.74, 6) is -0.440. The number of halogens is 1. The first-order valence-corrected chi connectivity index (χ1v) is 11.3. The van der Waals surface area contributed by atoms with Crippen molar-refractivity contribution >= 4 is 44.1 Å². The Labute approximate surface area is 179 Å². The van der Waals surface area contributed by atoms with Crippen molar-refractivity contribution in [1.82, 2.24) is 9.29 Å². The molecule has 0 unspecified atom stereocenters. The number of hydrogen-bond acceptors (Lipinski definition) is 4. The molecule has 1 amide bonds. The van der Waals surface area contributed by atoms with Crippen molar-refractivity contribution in [2.75, 3.05) is 18.4 Å². The molecule has 0 fully saturated rings. The molecule has 2 aromatic carbocycles. The van der Waals surface area contributed by atoms with Gasteiger partial charge in [-0.3, -0.25) is 9.59 Å². The molecule has 0 saturated carbocycles. The van der Waals surface area contributed by atoms with Crippen LogP contribution in [0.3, 0.4) is 0 Å². The Morgan fingerprint density at radius 1 is 1.10 bits per heavy atom. The average molecular weight is 448 g/mol. The number of sulfonamides is 1. The Hall–Kier alpha value is -2.68. The van der Waals surface area contributed by atoms with E-state index in [9.17, 15) is 18.0 Å². The highest BCUT2D eigenvalue weighted by molar-refractivity contribution is 7.89. The van der Waals surface area contributed by atoms with Gasteiger partial charge in [0.15, 0.2) is 0 Å². The van der Waals surface area contributed by atoms with Crippen LogP contribution in [-0.4, -0.2) is 36.7 Å². The highest BCUT2D eigenvalue weighted by atomic mass is 35.5. The number of benzene rings is 2. The number of anilines is 1. The normalized spacial score (nSPS) is 11.7. The molecule has 30 heavy (non-hydrogen) atoms. The molecule has 0 bridgehead atoms. The summed E-state index contributed by atoms with van der Waals surface area (Å²) in [4.78, 5) is 27.4. The van der Waals surface area contributed by atoms with Crippen molar-refractivity contribution in [1.29, 1.82) is 0 Å². The van der Waals surface area contributed by atoms with Crippen LogP contribution in [0.25, 0.3) is 10.9 Å². The van der Waals surface area contributed by atoms with Crippen LogP contribution in [0.5, 0.6) is 0 Å². The molecule has 0 aliphatic heterocycles. The lowest BCUT2D eigenvalue weighted by Crippen LogP contribution is -2.31. The number of nitrogens with one attached hydrogen (secondary N) is 2. The van der Waals surface area contributed by atoms with Gasteiger partial charge in [0.25, 0.3) is 5.56 Å². The van der Waals surface area contributed by atoms with Crippen LogP contribution in [0.15, 0.2) is 58.2 Å². The second-order valence-corrected chi connectivity index (χ2v) is 8.98. The summed E-state index contributed by atoms with van der Waals surface area (Å²) in [5.41, 5.74) is 0.948. The SMILES string of the molecule is CCN(CC)S(=O)(=O)c1cc(NC(=O)Cc2cc3ccccc3[nH]c2=O)ccc1Cl. The third kappa shape index (κ3) is 4.56. The van der Waals surface area contributed by atoms with Crippen LogP contribution >= 0.6 is 11.6 Å². The number of para-hydroxylation sites is 1. The molecule has 158 valence electrons. The molecule has 1 heterocycles. The molecule has 0 aliphatic rings. The lowest BCUT2D eigenvalue weighted by Gasteiger charge is -2.19. The molecule has 3 aromatic rings. The molecule has 0 spiro atoms. The van der Waals surface area contributed by atoms with Gasteiger partial charge < -0.3 is 10.3 Å². The minimum Gasteiger partial charge on any atom is -0.326 e. The van der Waals surface area contributed by atoms with Gasteiger partial charge in [-0.1, -0.05) is 43.6 Å². The van der Waals surface area contributed by atoms with Crippen LogP contribution in [0.1, 0.15) is 19.4 Å². The predicted molar refractivity (Wildman–Crippen MR) is 118 cm³/mol. The van der Waals surface area contributed by atoms with Gasteiger partial charge in [-0.25, -0.2) is 8.42 Å². The molecule has 0 aliphatic carbocycles. The molecule has 0 atom stereocenters. The zero-order valence-electron chi connectivity index (χ0n) is 16.6. The molecule has 3 rings (SSSR count). The van der Waals surface area contributed by atoms with Gasteiger partial charge in [-0.2, -0.15) is 4.31 Å². The largest absolute Gasteiger partial charge is 0.326 e. The third-order valence-electron chi connectivity index (χ3n) is 4.72. The fourth-order valence-electron chi connectivity index (χ4n) is 3.18. The van der Waals surface area contributed by atoms with Gasteiger partial charge in [0.1, 0.15) is 4.90 Å². The topological polar surface area (TPSA) is 99.3 Å². The fraction of sp³-hybridized carbons (Fsp3) is 0.238. The maximum Gasteiger partial charge on any atom is 0.252 e. The number of aromatic nitrogens is 1. The summed E-state index contributed by atoms with van der Waals surface area (Å²) in [6.07, 6.45) is -0.152. The van der Waals surface area contributed by atoms with Crippen LogP contribution in [-0.2, 0) is 21.2 Å². The van der Waals surface area contributed by atoms with E-state index in [0.717, 1.165) is 5.39 Å². The molecule has 0 radical (unpaired) electrons. The number of rotatable bonds is 7. The van der Waals surface area contributed by atoms with Crippen molar-refractivity contribution in [3.05, 3.63) is 69.5 Å². The highest BCUT2D eigenvalue weighted by Crippen LogP contribution is 2.27. The number of carbonyl (C=O) groups excluding carboxylic acids is 1. The Morgan fingerprint density at radius 3 is 2.50 bits per heavy atom. The van der Waals surface area contributed by atoms with Crippen molar-refractivity contribution in [2.24, 2.45) is 0 Å². The summed E-state index contributed by atoms with van der Waals surface area (Å²) in [7, 11) is -3.79. The minimum atomic E-state index is -3.79. The maximum absolute atomic E-state index is 12.8. The Kier molecular flexibility index (Phi) is 6.60. The number of aromatic amines is 1. The Balaban J connectivity index is 1.84. The van der Waals surface area contributed by atoms with E-state index in [-0.39, 0.29) is 27.6 Å². The van der Waals surface area contributed by atoms with Crippen molar-refractivity contribution < 1.29 is 13.2 Å². The summed E-state index contributed by atoms with van der Waals surface area (Å²) >= 11 is 6.12. The summed E-state index contributed by atoms with van der Waals surface area (Å²) in [6, 6.07) is 13.2. The van der Waals surface area contributed by atoms with Gasteiger partial charge in [0.2, 0.25) is 15.9 Å². The minimum absolute atomic E-state index is 0.0748. The highest BCUT2D eigenvalue weighted by Gasteiger charge is 2.25. The van der Waals surface area contributed by atoms with Gasteiger partial charge in [0, 0.05) is 29.9 Å². The molecule has 1 aromatic heterocycles. The Bertz CT molecular complexity index is 1250. The van der Waals surface area contributed by atoms with E-state index in [1.807, 2.05) is 18.2 Å². The number of nitrogens with zero attached hydrogens (tertiary/aromatic N) is 1. The molecular weight excluding hydrogens is 426 g/mol. The number of H-pyrrole nitrogens is 1. The first-order chi connectivity index (χ1) is 14.3. The second-order valence-electron chi connectivity index (χ2n) is 6.67. The summed E-state index contributed by atoms with van der Waals surface area (Å²) < 4.78 is 26.9.